The van der Waals surface area contributed by atoms with Gasteiger partial charge in [0, 0.05) is 7.05 Å². The van der Waals surface area contributed by atoms with E-state index < -0.39 is 33.2 Å². The van der Waals surface area contributed by atoms with E-state index in [1.807, 2.05) is 0 Å². The number of sulfonamides is 1. The molecule has 0 amide bonds. The first kappa shape index (κ1) is 15.4. The zero-order chi connectivity index (χ0) is 15.6. The normalized spacial score (nSPS) is 11.4. The van der Waals surface area contributed by atoms with E-state index in [1.54, 1.807) is 18.2 Å². The minimum Gasteiger partial charge on any atom is -0.392 e. The third-order valence-corrected chi connectivity index (χ3v) is 4.78. The highest BCUT2D eigenvalue weighted by molar-refractivity contribution is 7.92. The van der Waals surface area contributed by atoms with Gasteiger partial charge in [0.2, 0.25) is 0 Å². The highest BCUT2D eigenvalue weighted by Crippen LogP contribution is 2.26. The zero-order valence-corrected chi connectivity index (χ0v) is 11.9. The number of hydrogen-bond donors (Lipinski definition) is 1. The molecule has 0 saturated heterocycles. The molecule has 0 atom stereocenters. The third-order valence-electron chi connectivity index (χ3n) is 3.00. The van der Waals surface area contributed by atoms with Crippen molar-refractivity contribution in [3.63, 3.8) is 0 Å². The van der Waals surface area contributed by atoms with Crippen molar-refractivity contribution in [1.82, 2.24) is 0 Å². The van der Waals surface area contributed by atoms with Crippen molar-refractivity contribution in [1.29, 1.82) is 0 Å². The van der Waals surface area contributed by atoms with Crippen molar-refractivity contribution in [2.24, 2.45) is 0 Å². The molecule has 21 heavy (non-hydrogen) atoms. The van der Waals surface area contributed by atoms with Gasteiger partial charge in [-0.2, -0.15) is 0 Å². The zero-order valence-electron chi connectivity index (χ0n) is 11.1. The topological polar surface area (TPSA) is 57.6 Å². The summed E-state index contributed by atoms with van der Waals surface area (Å²) in [4.78, 5) is -0.807. The number of aliphatic hydroxyl groups is 1. The van der Waals surface area contributed by atoms with Crippen molar-refractivity contribution >= 4 is 15.7 Å². The van der Waals surface area contributed by atoms with E-state index in [1.165, 1.54) is 19.2 Å². The first-order valence-corrected chi connectivity index (χ1v) is 7.44. The molecule has 0 aliphatic heterocycles. The fourth-order valence-electron chi connectivity index (χ4n) is 1.82. The average Bonchev–Trinajstić information content (AvgIpc) is 2.49. The molecule has 0 aliphatic rings. The molecule has 7 heteroatoms. The van der Waals surface area contributed by atoms with Crippen LogP contribution in [-0.2, 0) is 16.6 Å². The molecule has 0 radical (unpaired) electrons. The van der Waals surface area contributed by atoms with Crippen LogP contribution < -0.4 is 4.31 Å². The van der Waals surface area contributed by atoms with Gasteiger partial charge in [-0.1, -0.05) is 18.2 Å². The summed E-state index contributed by atoms with van der Waals surface area (Å²) in [6.07, 6.45) is 0. The number of nitrogens with zero attached hydrogens (tertiary/aromatic N) is 1. The molecular weight excluding hydrogens is 300 g/mol. The molecule has 2 aromatic rings. The predicted octanol–water partition coefficient (Wildman–Crippen LogP) is 2.28. The number of rotatable bonds is 4. The summed E-state index contributed by atoms with van der Waals surface area (Å²) in [5, 5.41) is 9.00. The molecular formula is C14H13F2NO3S. The van der Waals surface area contributed by atoms with Crippen LogP contribution in [0.15, 0.2) is 47.4 Å². The number of benzene rings is 2. The summed E-state index contributed by atoms with van der Waals surface area (Å²) < 4.78 is 53.0. The Balaban J connectivity index is 2.57. The van der Waals surface area contributed by atoms with Crippen LogP contribution in [0.2, 0.25) is 0 Å². The SMILES string of the molecule is CN(c1ccccc1)S(=O)(=O)c1cc(CO)cc(F)c1F. The number of anilines is 1. The molecule has 2 rings (SSSR count). The Morgan fingerprint density at radius 1 is 1.14 bits per heavy atom. The first-order valence-electron chi connectivity index (χ1n) is 6.00. The minimum absolute atomic E-state index is 0.0195. The van der Waals surface area contributed by atoms with Gasteiger partial charge in [0.15, 0.2) is 11.6 Å². The van der Waals surface area contributed by atoms with Gasteiger partial charge in [-0.05, 0) is 29.8 Å². The van der Waals surface area contributed by atoms with Crippen LogP contribution in [0.5, 0.6) is 0 Å². The van der Waals surface area contributed by atoms with E-state index in [0.29, 0.717) is 5.69 Å². The van der Waals surface area contributed by atoms with Crippen LogP contribution in [0.3, 0.4) is 0 Å². The van der Waals surface area contributed by atoms with Gasteiger partial charge in [0.1, 0.15) is 4.90 Å². The molecule has 0 saturated carbocycles. The second-order valence-electron chi connectivity index (χ2n) is 4.36. The van der Waals surface area contributed by atoms with Gasteiger partial charge in [-0.3, -0.25) is 4.31 Å². The molecule has 0 aromatic heterocycles. The predicted molar refractivity (Wildman–Crippen MR) is 74.3 cm³/mol. The number of hydrogen-bond acceptors (Lipinski definition) is 3. The van der Waals surface area contributed by atoms with Gasteiger partial charge < -0.3 is 5.11 Å². The molecule has 4 nitrogen and oxygen atoms in total. The quantitative estimate of drug-likeness (QED) is 0.942. The number of para-hydroxylation sites is 1. The van der Waals surface area contributed by atoms with Gasteiger partial charge in [-0.25, -0.2) is 17.2 Å². The highest BCUT2D eigenvalue weighted by atomic mass is 32.2. The summed E-state index contributed by atoms with van der Waals surface area (Å²) in [5.74, 6) is -2.78. The molecule has 1 N–H and O–H groups in total. The fraction of sp³-hybridized carbons (Fsp3) is 0.143. The Bertz CT molecular complexity index is 748. The standard InChI is InChI=1S/C14H13F2NO3S/c1-17(11-5-3-2-4-6-11)21(19,20)13-8-10(9-18)7-12(15)14(13)16/h2-8,18H,9H2,1H3. The second-order valence-corrected chi connectivity index (χ2v) is 6.29. The molecule has 0 fully saturated rings. The largest absolute Gasteiger partial charge is 0.392 e. The van der Waals surface area contributed by atoms with E-state index in [9.17, 15) is 17.2 Å². The Morgan fingerprint density at radius 2 is 1.76 bits per heavy atom. The lowest BCUT2D eigenvalue weighted by Gasteiger charge is -2.20. The van der Waals surface area contributed by atoms with E-state index in [0.717, 1.165) is 16.4 Å². The number of aliphatic hydroxyl groups excluding tert-OH is 1. The van der Waals surface area contributed by atoms with Crippen LogP contribution >= 0.6 is 0 Å². The van der Waals surface area contributed by atoms with Gasteiger partial charge >= 0.3 is 0 Å². The van der Waals surface area contributed by atoms with Crippen LogP contribution in [-0.4, -0.2) is 20.6 Å². The van der Waals surface area contributed by atoms with Crippen molar-refractivity contribution in [2.45, 2.75) is 11.5 Å². The Morgan fingerprint density at radius 3 is 2.33 bits per heavy atom. The number of halogens is 2. The van der Waals surface area contributed by atoms with Crippen LogP contribution in [0, 0.1) is 11.6 Å². The van der Waals surface area contributed by atoms with E-state index in [4.69, 9.17) is 5.11 Å². The van der Waals surface area contributed by atoms with Gasteiger partial charge in [-0.15, -0.1) is 0 Å². The molecule has 0 bridgehead atoms. The van der Waals surface area contributed by atoms with Crippen LogP contribution in [0.4, 0.5) is 14.5 Å². The lowest BCUT2D eigenvalue weighted by Crippen LogP contribution is -2.27. The molecule has 112 valence electrons. The van der Waals surface area contributed by atoms with E-state index in [2.05, 4.69) is 0 Å². The lowest BCUT2D eigenvalue weighted by molar-refractivity contribution is 0.280. The molecule has 0 spiro atoms. The Kier molecular flexibility index (Phi) is 4.24. The van der Waals surface area contributed by atoms with Crippen molar-refractivity contribution in [2.75, 3.05) is 11.4 Å². The lowest BCUT2D eigenvalue weighted by atomic mass is 10.2. The summed E-state index contributed by atoms with van der Waals surface area (Å²) in [6, 6.07) is 9.70. The maximum atomic E-state index is 13.8. The van der Waals surface area contributed by atoms with E-state index in [-0.39, 0.29) is 5.56 Å². The average molecular weight is 313 g/mol. The summed E-state index contributed by atoms with van der Waals surface area (Å²) >= 11 is 0. The summed E-state index contributed by atoms with van der Waals surface area (Å²) in [7, 11) is -3.03. The van der Waals surface area contributed by atoms with Gasteiger partial charge in [0.25, 0.3) is 10.0 Å². The second kappa shape index (κ2) is 5.79. The Labute approximate surface area is 121 Å². The molecule has 0 aliphatic carbocycles. The smallest absolute Gasteiger partial charge is 0.267 e. The monoisotopic (exact) mass is 313 g/mol. The molecule has 2 aromatic carbocycles. The first-order chi connectivity index (χ1) is 9.87. The molecule has 0 heterocycles. The van der Waals surface area contributed by atoms with Crippen molar-refractivity contribution in [3.05, 3.63) is 59.7 Å². The molecule has 0 unspecified atom stereocenters. The minimum atomic E-state index is -4.27. The summed E-state index contributed by atoms with van der Waals surface area (Å²) in [6.45, 7) is -0.589. The highest BCUT2D eigenvalue weighted by Gasteiger charge is 2.27. The van der Waals surface area contributed by atoms with E-state index >= 15 is 0 Å². The van der Waals surface area contributed by atoms with Gasteiger partial charge in [0.05, 0.1) is 12.3 Å². The third kappa shape index (κ3) is 2.88. The maximum absolute atomic E-state index is 13.8. The summed E-state index contributed by atoms with van der Waals surface area (Å²) in [5.41, 5.74) is 0.292. The van der Waals surface area contributed by atoms with Crippen LogP contribution in [0.25, 0.3) is 0 Å². The fourth-order valence-corrected chi connectivity index (χ4v) is 3.14. The Hall–Kier alpha value is -1.99. The van der Waals surface area contributed by atoms with Crippen molar-refractivity contribution < 1.29 is 22.3 Å². The van der Waals surface area contributed by atoms with Crippen LogP contribution in [0.1, 0.15) is 5.56 Å². The maximum Gasteiger partial charge on any atom is 0.267 e. The van der Waals surface area contributed by atoms with Crippen molar-refractivity contribution in [3.8, 4) is 0 Å².